The summed E-state index contributed by atoms with van der Waals surface area (Å²) in [4.78, 5) is 0. The first-order valence-electron chi connectivity index (χ1n) is 37.6. The summed E-state index contributed by atoms with van der Waals surface area (Å²) < 4.78 is 75.1. The van der Waals surface area contributed by atoms with Crippen LogP contribution in [0.4, 0.5) is 0 Å². The van der Waals surface area contributed by atoms with Crippen LogP contribution in [0, 0.1) is 0 Å². The first-order valence-corrected chi connectivity index (χ1v) is 39.2. The monoisotopic (exact) mass is 1560 g/mol. The molecule has 4 fully saturated rings. The predicted molar refractivity (Wildman–Crippen MR) is 426 cm³/mol. The molecule has 9 aromatic carbocycles. The van der Waals surface area contributed by atoms with Gasteiger partial charge in [-0.15, -0.1) is 0 Å². The number of rotatable bonds is 30. The lowest BCUT2D eigenvalue weighted by atomic mass is 9.64. The Labute approximate surface area is 645 Å². The number of halogens is 2. The molecule has 0 amide bonds. The van der Waals surface area contributed by atoms with Gasteiger partial charge in [-0.05, 0) is 227 Å². The highest BCUT2D eigenvalue weighted by Gasteiger charge is 2.50. The van der Waals surface area contributed by atoms with E-state index in [1.54, 1.807) is 42.7 Å². The van der Waals surface area contributed by atoms with Crippen molar-refractivity contribution in [3.05, 3.63) is 272 Å². The minimum absolute atomic E-state index is 0.00966. The predicted octanol–water partition coefficient (Wildman–Crippen LogP) is 22.4. The average Bonchev–Trinajstić information content (AvgIpc) is 0.768. The van der Waals surface area contributed by atoms with Gasteiger partial charge in [-0.2, -0.15) is 0 Å². The van der Waals surface area contributed by atoms with Gasteiger partial charge in [-0.1, -0.05) is 240 Å². The standard InChI is InChI=1S/C92H104Br2O12/c1-85(75-25-13-69(14-26-75)70-15-27-76(28-16-70)86(2)47-51-88(52-48-86,102-62-96-4)81-37-41-83(93)42-38-81)45-49-87(50-46-85,101-61-95-3)77-29-17-71(18-30-77)67-9-11-68(12-10-67)72-19-31-78(32-20-72)89(103-63-97-5)53-55-90(56-54-89,104-64-98-6)79-33-21-73(22-34-79)74-23-35-80(36-24-74)91(105-65-99-7)57-59-92(60-58-91,106-66-100-8)82-39-43-84(94)44-40-82/h9-44H,45-66H2,1-8H3. The van der Waals surface area contributed by atoms with Crippen molar-refractivity contribution < 1.29 is 56.8 Å². The number of methoxy groups -OCH3 is 6. The van der Waals surface area contributed by atoms with E-state index >= 15 is 0 Å². The average molecular weight is 1560 g/mol. The van der Waals surface area contributed by atoms with E-state index in [0.29, 0.717) is 0 Å². The lowest BCUT2D eigenvalue weighted by Crippen LogP contribution is -2.43. The van der Waals surface area contributed by atoms with E-state index < -0.39 is 28.0 Å². The minimum Gasteiger partial charge on any atom is -0.359 e. The Balaban J connectivity index is 0.629. The van der Waals surface area contributed by atoms with E-state index in [2.05, 4.69) is 264 Å². The zero-order valence-corrected chi connectivity index (χ0v) is 66.2. The van der Waals surface area contributed by atoms with Crippen LogP contribution in [0.15, 0.2) is 227 Å². The second-order valence-corrected chi connectivity index (χ2v) is 32.3. The number of ether oxygens (including phenoxy) is 12. The molecule has 9 aromatic rings. The van der Waals surface area contributed by atoms with Crippen LogP contribution in [0.5, 0.6) is 0 Å². The molecule has 0 N–H and O–H groups in total. The van der Waals surface area contributed by atoms with Crippen LogP contribution in [-0.4, -0.2) is 83.4 Å². The maximum absolute atomic E-state index is 6.75. The molecule has 4 aliphatic carbocycles. The van der Waals surface area contributed by atoms with Crippen molar-refractivity contribution in [2.45, 2.75) is 161 Å². The maximum atomic E-state index is 6.75. The third kappa shape index (κ3) is 16.6. The quantitative estimate of drug-likeness (QED) is 0.0400. The molecule has 4 saturated carbocycles. The van der Waals surface area contributed by atoms with Crippen molar-refractivity contribution in [3.63, 3.8) is 0 Å². The first kappa shape index (κ1) is 77.6. The van der Waals surface area contributed by atoms with Crippen molar-refractivity contribution in [3.8, 4) is 44.5 Å². The van der Waals surface area contributed by atoms with Crippen molar-refractivity contribution in [2.75, 3.05) is 83.4 Å². The third-order valence-electron chi connectivity index (χ3n) is 24.5. The molecule has 0 saturated heterocycles. The Kier molecular flexibility index (Phi) is 25.0. The van der Waals surface area contributed by atoms with Gasteiger partial charge >= 0.3 is 0 Å². The van der Waals surface area contributed by atoms with E-state index in [1.165, 1.54) is 33.4 Å². The van der Waals surface area contributed by atoms with E-state index in [0.717, 1.165) is 167 Å². The van der Waals surface area contributed by atoms with E-state index in [-0.39, 0.29) is 57.2 Å². The molecule has 0 radical (unpaired) electrons. The Morgan fingerprint density at radius 3 is 0.491 bits per heavy atom. The molecule has 0 bridgehead atoms. The second kappa shape index (κ2) is 34.2. The molecule has 13 rings (SSSR count). The Morgan fingerprint density at radius 2 is 0.330 bits per heavy atom. The third-order valence-corrected chi connectivity index (χ3v) is 25.6. The van der Waals surface area contributed by atoms with Gasteiger partial charge in [-0.3, -0.25) is 0 Å². The fourth-order valence-electron chi connectivity index (χ4n) is 17.6. The van der Waals surface area contributed by atoms with Crippen LogP contribution in [0.2, 0.25) is 0 Å². The normalized spacial score (nSPS) is 26.2. The summed E-state index contributed by atoms with van der Waals surface area (Å²) in [6.45, 7) is 6.12. The molecule has 0 heterocycles. The fraction of sp³-hybridized carbons (Fsp3) is 0.413. The smallest absolute Gasteiger partial charge is 0.147 e. The summed E-state index contributed by atoms with van der Waals surface area (Å²) in [5, 5.41) is 0. The van der Waals surface area contributed by atoms with Crippen LogP contribution in [0.1, 0.15) is 161 Å². The summed E-state index contributed by atoms with van der Waals surface area (Å²) in [5.74, 6) is 0. The summed E-state index contributed by atoms with van der Waals surface area (Å²) in [6.07, 6.45) is 13.6. The fourth-order valence-corrected chi connectivity index (χ4v) is 18.1. The highest BCUT2D eigenvalue weighted by Crippen LogP contribution is 2.55. The highest BCUT2D eigenvalue weighted by atomic mass is 79.9. The van der Waals surface area contributed by atoms with Crippen molar-refractivity contribution in [1.29, 1.82) is 0 Å². The van der Waals surface area contributed by atoms with Crippen molar-refractivity contribution in [2.24, 2.45) is 0 Å². The van der Waals surface area contributed by atoms with Crippen LogP contribution in [0.25, 0.3) is 44.5 Å². The van der Waals surface area contributed by atoms with Crippen LogP contribution in [0.3, 0.4) is 0 Å². The van der Waals surface area contributed by atoms with Crippen LogP contribution < -0.4 is 0 Å². The molecular formula is C92H104Br2O12. The summed E-state index contributed by atoms with van der Waals surface area (Å²) in [7, 11) is 10.1. The van der Waals surface area contributed by atoms with Gasteiger partial charge in [0.15, 0.2) is 0 Å². The van der Waals surface area contributed by atoms with Crippen LogP contribution >= 0.6 is 31.9 Å². The molecule has 0 spiro atoms. The van der Waals surface area contributed by atoms with E-state index in [9.17, 15) is 0 Å². The largest absolute Gasteiger partial charge is 0.359 e. The Bertz CT molecular complexity index is 4230. The molecule has 0 aromatic heterocycles. The SMILES string of the molecule is COCOC1(c2ccc(Br)cc2)CCC(C)(c2ccc(-c3ccc(C4(C)CCC(OCOC)(c5ccc(-c6ccc(-c7ccc(C8(OCOC)CCC(OCOC)(c9ccc(-c%10ccc(C%11(OCOC)CCC(OCOC)(c%12ccc(Br)cc%12)CC%11)cc%10)cc9)CC8)cc7)cc6)cc5)CC4)cc3)cc2)CC1. The first-order chi connectivity index (χ1) is 51.5. The zero-order chi connectivity index (χ0) is 73.9. The number of hydrogen-bond acceptors (Lipinski definition) is 12. The lowest BCUT2D eigenvalue weighted by molar-refractivity contribution is -0.203. The van der Waals surface area contributed by atoms with E-state index in [4.69, 9.17) is 56.8 Å². The van der Waals surface area contributed by atoms with Gasteiger partial charge in [0.25, 0.3) is 0 Å². The lowest BCUT2D eigenvalue weighted by Gasteiger charge is -2.46. The van der Waals surface area contributed by atoms with Crippen molar-refractivity contribution >= 4 is 31.9 Å². The maximum Gasteiger partial charge on any atom is 0.147 e. The second-order valence-electron chi connectivity index (χ2n) is 30.4. The summed E-state index contributed by atoms with van der Waals surface area (Å²) in [6, 6.07) is 80.2. The zero-order valence-electron chi connectivity index (χ0n) is 63.0. The number of benzene rings is 9. The molecule has 0 atom stereocenters. The molecule has 12 nitrogen and oxygen atoms in total. The molecule has 14 heteroatoms. The van der Waals surface area contributed by atoms with Crippen LogP contribution in [-0.2, 0) is 101 Å². The van der Waals surface area contributed by atoms with Gasteiger partial charge in [0.05, 0.1) is 33.6 Å². The Hall–Kier alpha value is -6.54. The molecular weight excluding hydrogens is 1460 g/mol. The van der Waals surface area contributed by atoms with Gasteiger partial charge < -0.3 is 56.8 Å². The topological polar surface area (TPSA) is 111 Å². The van der Waals surface area contributed by atoms with Gasteiger partial charge in [0.2, 0.25) is 0 Å². The minimum atomic E-state index is -0.581. The molecule has 106 heavy (non-hydrogen) atoms. The highest BCUT2D eigenvalue weighted by molar-refractivity contribution is 9.10. The number of hydrogen-bond donors (Lipinski definition) is 0. The van der Waals surface area contributed by atoms with Crippen molar-refractivity contribution in [1.82, 2.24) is 0 Å². The molecule has 558 valence electrons. The van der Waals surface area contributed by atoms with Gasteiger partial charge in [-0.25, -0.2) is 0 Å². The molecule has 0 aliphatic heterocycles. The van der Waals surface area contributed by atoms with Gasteiger partial charge in [0.1, 0.15) is 40.8 Å². The molecule has 0 unspecified atom stereocenters. The summed E-state index contributed by atoms with van der Waals surface area (Å²) in [5.41, 5.74) is 16.1. The summed E-state index contributed by atoms with van der Waals surface area (Å²) >= 11 is 7.22. The van der Waals surface area contributed by atoms with E-state index in [1.807, 2.05) is 0 Å². The van der Waals surface area contributed by atoms with Gasteiger partial charge in [0, 0.05) is 51.6 Å². The Morgan fingerprint density at radius 1 is 0.198 bits per heavy atom. The molecule has 4 aliphatic rings.